The van der Waals surface area contributed by atoms with Crippen LogP contribution in [0, 0.1) is 0 Å². The molecule has 3 rings (SSSR count). The summed E-state index contributed by atoms with van der Waals surface area (Å²) in [5.74, 6) is -1.29. The second-order valence-electron chi connectivity index (χ2n) is 5.99. The van der Waals surface area contributed by atoms with Crippen molar-refractivity contribution in [1.82, 2.24) is 4.90 Å². The van der Waals surface area contributed by atoms with Crippen LogP contribution in [0.2, 0.25) is 0 Å². The standard InChI is InChI=1S/C19H17NO6S/c1-3-11(2)26-16(21)9-20-18(23)15(27-19(20)24)8-12-10-25-14-7-5-4-6-13(14)17(12)22/h4-8,10-11H,3,9H2,1-2H3/b15-8-/t11-/m1/s1. The quantitative estimate of drug-likeness (QED) is 0.574. The highest BCUT2D eigenvalue weighted by Crippen LogP contribution is 2.32. The maximum Gasteiger partial charge on any atom is 0.326 e. The predicted molar refractivity (Wildman–Crippen MR) is 101 cm³/mol. The van der Waals surface area contributed by atoms with E-state index in [1.165, 1.54) is 12.3 Å². The third-order valence-corrected chi connectivity index (χ3v) is 4.97. The number of carbonyl (C=O) groups excluding carboxylic acids is 3. The van der Waals surface area contributed by atoms with E-state index in [0.29, 0.717) is 29.2 Å². The molecule has 1 fully saturated rings. The molecular formula is C19H17NO6S. The number of amides is 2. The van der Waals surface area contributed by atoms with Gasteiger partial charge in [-0.1, -0.05) is 19.1 Å². The summed E-state index contributed by atoms with van der Waals surface area (Å²) in [7, 11) is 0. The first-order valence-electron chi connectivity index (χ1n) is 8.36. The number of benzene rings is 1. The number of nitrogens with zero attached hydrogens (tertiary/aromatic N) is 1. The van der Waals surface area contributed by atoms with Crippen LogP contribution in [0.3, 0.4) is 0 Å². The molecule has 1 saturated heterocycles. The lowest BCUT2D eigenvalue weighted by Crippen LogP contribution is -2.35. The van der Waals surface area contributed by atoms with Gasteiger partial charge in [-0.05, 0) is 43.3 Å². The lowest BCUT2D eigenvalue weighted by molar-refractivity contribution is -0.150. The Morgan fingerprint density at radius 3 is 2.78 bits per heavy atom. The van der Waals surface area contributed by atoms with Crippen molar-refractivity contribution in [2.75, 3.05) is 6.54 Å². The molecule has 1 aliphatic rings. The number of thioether (sulfide) groups is 1. The smallest absolute Gasteiger partial charge is 0.326 e. The summed E-state index contributed by atoms with van der Waals surface area (Å²) in [6.45, 7) is 3.12. The highest BCUT2D eigenvalue weighted by Gasteiger charge is 2.37. The predicted octanol–water partition coefficient (Wildman–Crippen LogP) is 3.17. The van der Waals surface area contributed by atoms with Crippen molar-refractivity contribution in [2.24, 2.45) is 0 Å². The zero-order chi connectivity index (χ0) is 19.6. The van der Waals surface area contributed by atoms with Gasteiger partial charge in [0.05, 0.1) is 22.0 Å². The van der Waals surface area contributed by atoms with Crippen LogP contribution in [0.15, 0.2) is 44.6 Å². The molecule has 140 valence electrons. The van der Waals surface area contributed by atoms with Gasteiger partial charge in [-0.2, -0.15) is 0 Å². The van der Waals surface area contributed by atoms with Crippen LogP contribution < -0.4 is 5.43 Å². The van der Waals surface area contributed by atoms with Crippen LogP contribution in [0.5, 0.6) is 0 Å². The van der Waals surface area contributed by atoms with Crippen LogP contribution in [-0.2, 0) is 14.3 Å². The SMILES string of the molecule is CC[C@@H](C)OC(=O)CN1C(=O)S/C(=C\c2coc3ccccc3c2=O)C1=O. The Morgan fingerprint density at radius 1 is 1.30 bits per heavy atom. The number of fused-ring (bicyclic) bond motifs is 1. The van der Waals surface area contributed by atoms with Gasteiger partial charge >= 0.3 is 5.97 Å². The van der Waals surface area contributed by atoms with Crippen molar-refractivity contribution in [3.8, 4) is 0 Å². The molecule has 0 spiro atoms. The van der Waals surface area contributed by atoms with Crippen molar-refractivity contribution in [1.29, 1.82) is 0 Å². The molecule has 1 aromatic carbocycles. The van der Waals surface area contributed by atoms with Gasteiger partial charge in [0.25, 0.3) is 11.1 Å². The van der Waals surface area contributed by atoms with Gasteiger partial charge in [-0.15, -0.1) is 0 Å². The average Bonchev–Trinajstić information content (AvgIpc) is 2.91. The van der Waals surface area contributed by atoms with Crippen LogP contribution in [0.1, 0.15) is 25.8 Å². The molecule has 0 aliphatic carbocycles. The van der Waals surface area contributed by atoms with E-state index in [1.54, 1.807) is 31.2 Å². The van der Waals surface area contributed by atoms with Crippen LogP contribution in [0.4, 0.5) is 4.79 Å². The van der Waals surface area contributed by atoms with Gasteiger partial charge in [0, 0.05) is 0 Å². The molecule has 0 bridgehead atoms. The molecular weight excluding hydrogens is 370 g/mol. The van der Waals surface area contributed by atoms with Crippen molar-refractivity contribution >= 4 is 45.9 Å². The first-order valence-corrected chi connectivity index (χ1v) is 9.17. The summed E-state index contributed by atoms with van der Waals surface area (Å²) in [5, 5.41) is -0.208. The summed E-state index contributed by atoms with van der Waals surface area (Å²) < 4.78 is 10.5. The molecule has 27 heavy (non-hydrogen) atoms. The molecule has 2 aromatic rings. The Hall–Kier alpha value is -2.87. The third-order valence-electron chi connectivity index (χ3n) is 4.06. The van der Waals surface area contributed by atoms with E-state index < -0.39 is 23.7 Å². The molecule has 1 atom stereocenters. The van der Waals surface area contributed by atoms with E-state index in [9.17, 15) is 19.2 Å². The second kappa shape index (κ2) is 7.79. The van der Waals surface area contributed by atoms with Gasteiger partial charge < -0.3 is 9.15 Å². The summed E-state index contributed by atoms with van der Waals surface area (Å²) in [6.07, 6.45) is 2.89. The molecule has 1 aliphatic heterocycles. The maximum atomic E-state index is 12.5. The normalized spacial score (nSPS) is 17.0. The van der Waals surface area contributed by atoms with Crippen molar-refractivity contribution in [3.63, 3.8) is 0 Å². The third kappa shape index (κ3) is 3.95. The summed E-state index contributed by atoms with van der Waals surface area (Å²) in [5.41, 5.74) is 0.279. The van der Waals surface area contributed by atoms with Gasteiger partial charge in [-0.25, -0.2) is 0 Å². The van der Waals surface area contributed by atoms with Crippen LogP contribution >= 0.6 is 11.8 Å². The van der Waals surface area contributed by atoms with E-state index in [0.717, 1.165) is 4.90 Å². The van der Waals surface area contributed by atoms with Gasteiger partial charge in [-0.3, -0.25) is 24.1 Å². The van der Waals surface area contributed by atoms with E-state index in [-0.39, 0.29) is 22.0 Å². The summed E-state index contributed by atoms with van der Waals surface area (Å²) in [6, 6.07) is 6.74. The number of ether oxygens (including phenoxy) is 1. The average molecular weight is 387 g/mol. The van der Waals surface area contributed by atoms with Crippen molar-refractivity contribution in [2.45, 2.75) is 26.4 Å². The minimum atomic E-state index is -0.655. The lowest BCUT2D eigenvalue weighted by Gasteiger charge is -2.14. The number of hydrogen-bond donors (Lipinski definition) is 0. The molecule has 2 amide bonds. The number of carbonyl (C=O) groups is 3. The Balaban J connectivity index is 1.83. The zero-order valence-corrected chi connectivity index (χ0v) is 15.6. The first kappa shape index (κ1) is 18.9. The molecule has 0 unspecified atom stereocenters. The summed E-state index contributed by atoms with van der Waals surface area (Å²) in [4.78, 5) is 49.8. The van der Waals surface area contributed by atoms with Gasteiger partial charge in [0.2, 0.25) is 0 Å². The van der Waals surface area contributed by atoms with E-state index in [2.05, 4.69) is 0 Å². The molecule has 2 heterocycles. The minimum Gasteiger partial charge on any atom is -0.463 e. The zero-order valence-electron chi connectivity index (χ0n) is 14.8. The van der Waals surface area contributed by atoms with E-state index in [1.807, 2.05) is 6.92 Å². The Kier molecular flexibility index (Phi) is 5.46. The molecule has 7 nitrogen and oxygen atoms in total. The van der Waals surface area contributed by atoms with E-state index in [4.69, 9.17) is 9.15 Å². The molecule has 0 N–H and O–H groups in total. The van der Waals surface area contributed by atoms with E-state index >= 15 is 0 Å². The van der Waals surface area contributed by atoms with Crippen LogP contribution in [-0.4, -0.2) is 34.7 Å². The fourth-order valence-electron chi connectivity index (χ4n) is 2.44. The lowest BCUT2D eigenvalue weighted by atomic mass is 10.1. The monoisotopic (exact) mass is 387 g/mol. The largest absolute Gasteiger partial charge is 0.463 e. The number of imide groups is 1. The number of rotatable bonds is 5. The molecule has 0 radical (unpaired) electrons. The molecule has 1 aromatic heterocycles. The Morgan fingerprint density at radius 2 is 2.04 bits per heavy atom. The highest BCUT2D eigenvalue weighted by atomic mass is 32.2. The topological polar surface area (TPSA) is 93.9 Å². The van der Waals surface area contributed by atoms with Gasteiger partial charge in [0.15, 0.2) is 5.43 Å². The minimum absolute atomic E-state index is 0.0546. The first-order chi connectivity index (χ1) is 12.9. The molecule has 8 heteroatoms. The second-order valence-corrected chi connectivity index (χ2v) is 6.99. The number of para-hydroxylation sites is 1. The fraction of sp³-hybridized carbons (Fsp3) is 0.263. The van der Waals surface area contributed by atoms with Gasteiger partial charge in [0.1, 0.15) is 18.4 Å². The number of esters is 1. The van der Waals surface area contributed by atoms with Crippen molar-refractivity contribution < 1.29 is 23.5 Å². The Bertz CT molecular complexity index is 1010. The molecule has 0 saturated carbocycles. The van der Waals surface area contributed by atoms with Crippen LogP contribution in [0.25, 0.3) is 17.0 Å². The maximum absolute atomic E-state index is 12.5. The Labute approximate surface area is 159 Å². The highest BCUT2D eigenvalue weighted by molar-refractivity contribution is 8.18. The summed E-state index contributed by atoms with van der Waals surface area (Å²) >= 11 is 0.668. The number of hydrogen-bond acceptors (Lipinski definition) is 7. The van der Waals surface area contributed by atoms with Crippen molar-refractivity contribution in [3.05, 3.63) is 51.2 Å². The fourth-order valence-corrected chi connectivity index (χ4v) is 3.27.